The molecule has 8 fully saturated rings. The molecule has 0 radical (unpaired) electrons. The third-order valence-corrected chi connectivity index (χ3v) is 21.5. The van der Waals surface area contributed by atoms with Crippen molar-refractivity contribution in [1.82, 2.24) is 0 Å². The van der Waals surface area contributed by atoms with Crippen LogP contribution in [0.15, 0.2) is 11.6 Å². The van der Waals surface area contributed by atoms with Gasteiger partial charge in [-0.1, -0.05) is 53.2 Å². The van der Waals surface area contributed by atoms with E-state index in [-0.39, 0.29) is 39.9 Å². The first-order valence-electron chi connectivity index (χ1n) is 27.2. The second kappa shape index (κ2) is 20.8. The molecule has 4 saturated carbocycles. The summed E-state index contributed by atoms with van der Waals surface area (Å²) in [4.78, 5) is 14.8. The molecule has 29 atom stereocenters. The van der Waals surface area contributed by atoms with E-state index in [1.165, 1.54) is 12.5 Å². The van der Waals surface area contributed by atoms with E-state index in [1.807, 2.05) is 0 Å². The summed E-state index contributed by atoms with van der Waals surface area (Å²) in [7, 11) is 0. The molecule has 21 heteroatoms. The molecule has 3 unspecified atom stereocenters. The van der Waals surface area contributed by atoms with Gasteiger partial charge in [0.25, 0.3) is 0 Å². The average Bonchev–Trinajstić information content (AvgIpc) is 3.36. The molecular weight excluding hydrogens is 973 g/mol. The third-order valence-electron chi connectivity index (χ3n) is 21.5. The van der Waals surface area contributed by atoms with Crippen LogP contribution in [0.2, 0.25) is 0 Å². The highest BCUT2D eigenvalue weighted by Crippen LogP contribution is 2.77. The fraction of sp³-hybridized carbons (Fsp3) is 0.943. The largest absolute Gasteiger partial charge is 0.432 e. The number of hydrogen-bond acceptors (Lipinski definition) is 21. The van der Waals surface area contributed by atoms with Crippen molar-refractivity contribution in [2.45, 2.75) is 236 Å². The summed E-state index contributed by atoms with van der Waals surface area (Å²) in [6.45, 7) is 15.7. The topological polar surface area (TPSA) is 334 Å². The molecule has 21 nitrogen and oxygen atoms in total. The first kappa shape index (κ1) is 57.1. The molecule has 9 aliphatic rings. The van der Waals surface area contributed by atoms with Crippen molar-refractivity contribution in [3.05, 3.63) is 11.6 Å². The predicted octanol–water partition coefficient (Wildman–Crippen LogP) is -0.513. The van der Waals surface area contributed by atoms with Gasteiger partial charge in [0.15, 0.2) is 18.9 Å². The highest BCUT2D eigenvalue weighted by atomic mass is 16.8. The molecule has 9 rings (SSSR count). The molecule has 424 valence electrons. The van der Waals surface area contributed by atoms with Crippen molar-refractivity contribution in [2.24, 2.45) is 56.7 Å². The number of allylic oxidation sites excluding steroid dienone is 2. The summed E-state index contributed by atoms with van der Waals surface area (Å²) in [5.41, 5.74) is -0.710. The summed E-state index contributed by atoms with van der Waals surface area (Å²) >= 11 is 0. The van der Waals surface area contributed by atoms with Crippen LogP contribution in [0, 0.1) is 56.7 Å². The minimum absolute atomic E-state index is 0.0422. The summed E-state index contributed by atoms with van der Waals surface area (Å²) in [6.07, 6.45) is -20.8. The van der Waals surface area contributed by atoms with E-state index in [4.69, 9.17) is 37.9 Å². The molecule has 4 heterocycles. The second-order valence-electron chi connectivity index (χ2n) is 25.2. The average molecular weight is 1060 g/mol. The Morgan fingerprint density at radius 3 is 1.89 bits per heavy atom. The van der Waals surface area contributed by atoms with Crippen molar-refractivity contribution in [2.75, 3.05) is 19.8 Å². The van der Waals surface area contributed by atoms with Gasteiger partial charge in [0, 0.05) is 0 Å². The van der Waals surface area contributed by atoms with Gasteiger partial charge >= 0.3 is 5.97 Å². The molecule has 0 aromatic heterocycles. The van der Waals surface area contributed by atoms with Crippen LogP contribution in [-0.4, -0.2) is 210 Å². The van der Waals surface area contributed by atoms with Gasteiger partial charge in [-0.3, -0.25) is 4.79 Å². The molecule has 74 heavy (non-hydrogen) atoms. The highest BCUT2D eigenvalue weighted by Gasteiger charge is 2.72. The molecular formula is C53H86O21. The Labute approximate surface area is 433 Å². The molecule has 4 aliphatic heterocycles. The van der Waals surface area contributed by atoms with Crippen molar-refractivity contribution >= 4 is 5.97 Å². The minimum atomic E-state index is -1.77. The van der Waals surface area contributed by atoms with Gasteiger partial charge in [-0.15, -0.1) is 0 Å². The highest BCUT2D eigenvalue weighted by molar-refractivity contribution is 5.78. The van der Waals surface area contributed by atoms with Gasteiger partial charge in [-0.25, -0.2) is 0 Å². The van der Waals surface area contributed by atoms with Gasteiger partial charge < -0.3 is 99.2 Å². The molecule has 0 amide bonds. The number of hydrogen-bond donors (Lipinski definition) is 12. The Morgan fingerprint density at radius 1 is 0.608 bits per heavy atom. The smallest absolute Gasteiger partial charge is 0.315 e. The van der Waals surface area contributed by atoms with Crippen LogP contribution in [0.3, 0.4) is 0 Å². The maximum atomic E-state index is 14.8. The monoisotopic (exact) mass is 1060 g/mol. The molecule has 4 saturated heterocycles. The Hall–Kier alpha value is -1.55. The Bertz CT molecular complexity index is 2030. The third kappa shape index (κ3) is 8.99. The lowest BCUT2D eigenvalue weighted by Crippen LogP contribution is -2.69. The van der Waals surface area contributed by atoms with Gasteiger partial charge in [0.05, 0.1) is 37.4 Å². The lowest BCUT2D eigenvalue weighted by atomic mass is 9.31. The fourth-order valence-corrected chi connectivity index (χ4v) is 16.8. The van der Waals surface area contributed by atoms with Crippen molar-refractivity contribution in [3.8, 4) is 0 Å². The zero-order valence-corrected chi connectivity index (χ0v) is 44.0. The van der Waals surface area contributed by atoms with Crippen LogP contribution in [0.5, 0.6) is 0 Å². The van der Waals surface area contributed by atoms with Crippen LogP contribution >= 0.6 is 0 Å². The molecule has 0 bridgehead atoms. The van der Waals surface area contributed by atoms with E-state index in [2.05, 4.69) is 54.5 Å². The standard InChI is InChI=1S/C53H86O21/c1-22-11-16-53(48(66)74-45-41(65)38(62)35(59)27(19-54)69-45)18-17-51(7)25(32(53)23(22)2)9-10-30-50(6)14-13-31(49(4,5)29(50)12-15-52(30,51)8)71-47-43(39(63)36(60)28(20-55)70-47)73-46-42(34(58)26(56)21-67-46)72-44-40(64)37(61)33(57)24(3)68-44/h11,23-47,54-65H,9-10,12-21H2,1-8H3/t23-,24-,25?,26-,27+,28+,29?,30?,31-,32-,33-,34-,35+,36+,37+,38-,39-,40+,41+,42+,43+,44-,45-,46-,47-,50-,51+,52+,53-/m0/s1. The summed E-state index contributed by atoms with van der Waals surface area (Å²) in [6, 6.07) is 0. The van der Waals surface area contributed by atoms with Crippen LogP contribution in [0.25, 0.3) is 0 Å². The summed E-state index contributed by atoms with van der Waals surface area (Å²) in [5.74, 6) is 0.0128. The van der Waals surface area contributed by atoms with Crippen molar-refractivity contribution < 1.29 is 104 Å². The maximum Gasteiger partial charge on any atom is 0.315 e. The summed E-state index contributed by atoms with van der Waals surface area (Å²) < 4.78 is 48.5. The fourth-order valence-electron chi connectivity index (χ4n) is 16.8. The Kier molecular flexibility index (Phi) is 16.1. The predicted molar refractivity (Wildman–Crippen MR) is 255 cm³/mol. The zero-order chi connectivity index (χ0) is 53.9. The molecule has 0 aromatic rings. The van der Waals surface area contributed by atoms with Crippen LogP contribution in [0.4, 0.5) is 0 Å². The van der Waals surface area contributed by atoms with Gasteiger partial charge in [-0.2, -0.15) is 0 Å². The first-order chi connectivity index (χ1) is 34.7. The maximum absolute atomic E-state index is 14.8. The van der Waals surface area contributed by atoms with E-state index >= 15 is 0 Å². The lowest BCUT2D eigenvalue weighted by Gasteiger charge is -2.73. The molecule has 12 N–H and O–H groups in total. The quantitative estimate of drug-likeness (QED) is 0.0745. The number of carbonyl (C=O) groups excluding carboxylic acids is 1. The van der Waals surface area contributed by atoms with E-state index < -0.39 is 159 Å². The van der Waals surface area contributed by atoms with Crippen molar-refractivity contribution in [3.63, 3.8) is 0 Å². The number of esters is 1. The number of aliphatic hydroxyl groups is 12. The van der Waals surface area contributed by atoms with Gasteiger partial charge in [0.2, 0.25) is 6.29 Å². The minimum Gasteiger partial charge on any atom is -0.432 e. The van der Waals surface area contributed by atoms with Gasteiger partial charge in [0.1, 0.15) is 85.5 Å². The van der Waals surface area contributed by atoms with E-state index in [9.17, 15) is 66.1 Å². The zero-order valence-electron chi connectivity index (χ0n) is 44.0. The number of fused-ring (bicyclic) bond motifs is 7. The second-order valence-corrected chi connectivity index (χ2v) is 25.2. The molecule has 5 aliphatic carbocycles. The van der Waals surface area contributed by atoms with Gasteiger partial charge in [-0.05, 0) is 123 Å². The SMILES string of the molecule is CC1=CC[C@]2(C(=O)O[C@@H]3O[C@H](CO)[C@@H](O)[C@H](O)[C@H]3O)CC[C@]3(C)C(CCC4[C@@]5(C)CC[C@H](O[C@@H]6O[C@H](CO)[C@@H](O)[C@H](O)[C@H]6O[C@@H]6OC[C@H](O)[C@H](O)[C@H]6O[C@@H]6O[C@@H](C)[C@H](O)[C@@H](O)[C@H]6O)C(C)(C)C5CC[C@]43C)[C@@H]2[C@H]1C. The van der Waals surface area contributed by atoms with E-state index in [0.717, 1.165) is 38.5 Å². The Morgan fingerprint density at radius 2 is 1.22 bits per heavy atom. The molecule has 0 aromatic carbocycles. The first-order valence-corrected chi connectivity index (χ1v) is 27.2. The Balaban J connectivity index is 0.939. The number of carbonyl (C=O) groups is 1. The van der Waals surface area contributed by atoms with E-state index in [1.54, 1.807) is 0 Å². The lowest BCUT2D eigenvalue weighted by molar-refractivity contribution is -0.389. The molecule has 0 spiro atoms. The van der Waals surface area contributed by atoms with Crippen LogP contribution in [-0.2, 0) is 42.7 Å². The van der Waals surface area contributed by atoms with Crippen LogP contribution < -0.4 is 0 Å². The number of ether oxygens (including phenoxy) is 8. The summed E-state index contributed by atoms with van der Waals surface area (Å²) in [5, 5.41) is 128. The normalized spacial score (nSPS) is 55.4. The van der Waals surface area contributed by atoms with Crippen LogP contribution in [0.1, 0.15) is 113 Å². The number of aliphatic hydroxyl groups excluding tert-OH is 12. The van der Waals surface area contributed by atoms with E-state index in [0.29, 0.717) is 25.2 Å². The van der Waals surface area contributed by atoms with Crippen molar-refractivity contribution in [1.29, 1.82) is 0 Å². The number of rotatable bonds is 10.